The fourth-order valence-corrected chi connectivity index (χ4v) is 3.90. The van der Waals surface area contributed by atoms with Crippen LogP contribution >= 0.6 is 0 Å². The van der Waals surface area contributed by atoms with Gasteiger partial charge in [-0.05, 0) is 31.4 Å². The van der Waals surface area contributed by atoms with E-state index in [1.165, 1.54) is 24.9 Å². The minimum atomic E-state index is 0.320. The molecule has 0 bridgehead atoms. The Kier molecular flexibility index (Phi) is 5.76. The molecular weight excluding hydrogens is 354 g/mol. The number of methoxy groups -OCH3 is 1. The molecule has 3 heterocycles. The van der Waals surface area contributed by atoms with Crippen LogP contribution in [0.15, 0.2) is 24.3 Å². The number of nitrogens with zero attached hydrogens (tertiary/aromatic N) is 6. The molecule has 0 atom stereocenters. The van der Waals surface area contributed by atoms with Crippen LogP contribution in [0.3, 0.4) is 0 Å². The van der Waals surface area contributed by atoms with Gasteiger partial charge in [0.25, 0.3) is 0 Å². The van der Waals surface area contributed by atoms with Crippen molar-refractivity contribution in [2.45, 2.75) is 25.8 Å². The van der Waals surface area contributed by atoms with Gasteiger partial charge in [-0.1, -0.05) is 6.07 Å². The van der Waals surface area contributed by atoms with Gasteiger partial charge >= 0.3 is 0 Å². The van der Waals surface area contributed by atoms with Gasteiger partial charge in [-0.3, -0.25) is 4.90 Å². The molecule has 2 fully saturated rings. The lowest BCUT2D eigenvalue weighted by Crippen LogP contribution is -2.46. The molecule has 2 aliphatic rings. The Balaban J connectivity index is 1.37. The molecule has 0 amide bonds. The van der Waals surface area contributed by atoms with E-state index in [-0.39, 0.29) is 0 Å². The number of piperazine rings is 1. The maximum atomic E-state index is 5.97. The summed E-state index contributed by atoms with van der Waals surface area (Å²) in [7, 11) is 1.70. The zero-order valence-electron chi connectivity index (χ0n) is 16.5. The van der Waals surface area contributed by atoms with Crippen LogP contribution < -0.4 is 20.3 Å². The average molecular weight is 384 g/mol. The van der Waals surface area contributed by atoms with E-state index in [1.807, 2.05) is 12.1 Å². The Morgan fingerprint density at radius 2 is 1.71 bits per heavy atom. The minimum Gasteiger partial charge on any atom is -0.497 e. The largest absolute Gasteiger partial charge is 0.497 e. The Morgan fingerprint density at radius 1 is 0.929 bits per heavy atom. The number of aromatic nitrogens is 3. The van der Waals surface area contributed by atoms with E-state index >= 15 is 0 Å². The van der Waals surface area contributed by atoms with E-state index in [4.69, 9.17) is 15.5 Å². The lowest BCUT2D eigenvalue weighted by molar-refractivity contribution is 0.244. The highest BCUT2D eigenvalue weighted by atomic mass is 16.5. The molecule has 0 spiro atoms. The van der Waals surface area contributed by atoms with E-state index < -0.39 is 0 Å². The van der Waals surface area contributed by atoms with Crippen molar-refractivity contribution in [1.29, 1.82) is 0 Å². The van der Waals surface area contributed by atoms with Gasteiger partial charge in [-0.25, -0.2) is 0 Å². The summed E-state index contributed by atoms with van der Waals surface area (Å²) in [5, 5.41) is 0. The molecule has 4 rings (SSSR count). The number of nitrogens with two attached hydrogens (primary N) is 1. The normalized spacial score (nSPS) is 18.3. The Hall–Kier alpha value is -2.61. The van der Waals surface area contributed by atoms with Crippen LogP contribution in [0.4, 0.5) is 17.6 Å². The highest BCUT2D eigenvalue weighted by Crippen LogP contribution is 2.22. The third-order valence-corrected chi connectivity index (χ3v) is 5.48. The van der Waals surface area contributed by atoms with Crippen molar-refractivity contribution in [2.75, 3.05) is 61.9 Å². The van der Waals surface area contributed by atoms with Crippen molar-refractivity contribution < 1.29 is 4.74 Å². The van der Waals surface area contributed by atoms with E-state index in [9.17, 15) is 0 Å². The number of rotatable bonds is 5. The summed E-state index contributed by atoms with van der Waals surface area (Å²) in [4.78, 5) is 20.4. The number of hydrogen-bond acceptors (Lipinski definition) is 8. The van der Waals surface area contributed by atoms with Gasteiger partial charge in [-0.2, -0.15) is 15.0 Å². The summed E-state index contributed by atoms with van der Waals surface area (Å²) >= 11 is 0. The molecule has 0 unspecified atom stereocenters. The van der Waals surface area contributed by atoms with Crippen molar-refractivity contribution in [3.05, 3.63) is 30.1 Å². The second kappa shape index (κ2) is 8.60. The highest BCUT2D eigenvalue weighted by molar-refractivity contribution is 5.51. The van der Waals surface area contributed by atoms with Crippen LogP contribution in [0.1, 0.15) is 25.1 Å². The van der Waals surface area contributed by atoms with Crippen molar-refractivity contribution >= 4 is 17.6 Å². The van der Waals surface area contributed by atoms with Gasteiger partial charge in [0.2, 0.25) is 11.9 Å². The predicted molar refractivity (Wildman–Crippen MR) is 111 cm³/mol. The van der Waals surface area contributed by atoms with Crippen molar-refractivity contribution in [3.63, 3.8) is 0 Å². The van der Waals surface area contributed by atoms with Crippen LogP contribution in [0, 0.1) is 0 Å². The van der Waals surface area contributed by atoms with Crippen LogP contribution in [0.2, 0.25) is 0 Å². The van der Waals surface area contributed by atoms with Crippen LogP contribution in [-0.4, -0.2) is 66.2 Å². The lowest BCUT2D eigenvalue weighted by atomic mass is 10.1. The van der Waals surface area contributed by atoms with E-state index in [0.29, 0.717) is 12.5 Å². The van der Waals surface area contributed by atoms with Crippen molar-refractivity contribution in [2.24, 2.45) is 0 Å². The number of benzene rings is 1. The second-order valence-corrected chi connectivity index (χ2v) is 7.42. The number of hydrogen-bond donors (Lipinski definition) is 1. The molecule has 0 aliphatic carbocycles. The molecule has 28 heavy (non-hydrogen) atoms. The van der Waals surface area contributed by atoms with Gasteiger partial charge in [-0.15, -0.1) is 0 Å². The molecule has 8 nitrogen and oxygen atoms in total. The van der Waals surface area contributed by atoms with E-state index in [1.54, 1.807) is 7.11 Å². The summed E-state index contributed by atoms with van der Waals surface area (Å²) in [5.41, 5.74) is 7.17. The molecule has 1 aromatic carbocycles. The standard InChI is InChI=1S/C20H29N7O/c1-28-17-7-5-6-16(14-17)26-12-10-25(11-13-26)15-18-22-19(21)24-20(23-18)27-8-3-2-4-9-27/h5-7,14H,2-4,8-13,15H2,1H3,(H2,21,22,23,24). The zero-order valence-corrected chi connectivity index (χ0v) is 16.5. The van der Waals surface area contributed by atoms with Gasteiger partial charge in [0.05, 0.1) is 13.7 Å². The fourth-order valence-electron chi connectivity index (χ4n) is 3.90. The Morgan fingerprint density at radius 3 is 2.46 bits per heavy atom. The topological polar surface area (TPSA) is 83.6 Å². The first-order valence-electron chi connectivity index (χ1n) is 10.1. The lowest BCUT2D eigenvalue weighted by Gasteiger charge is -2.36. The Labute approximate surface area is 166 Å². The van der Waals surface area contributed by atoms with Gasteiger partial charge < -0.3 is 20.3 Å². The molecular formula is C20H29N7O. The molecule has 150 valence electrons. The van der Waals surface area contributed by atoms with Crippen molar-refractivity contribution in [3.8, 4) is 5.75 Å². The molecule has 0 radical (unpaired) electrons. The first-order valence-corrected chi connectivity index (χ1v) is 10.1. The smallest absolute Gasteiger partial charge is 0.230 e. The highest BCUT2D eigenvalue weighted by Gasteiger charge is 2.20. The number of nitrogen functional groups attached to an aromatic ring is 1. The molecule has 0 saturated carbocycles. The van der Waals surface area contributed by atoms with Crippen molar-refractivity contribution in [1.82, 2.24) is 19.9 Å². The predicted octanol–water partition coefficient (Wildman–Crippen LogP) is 1.77. The monoisotopic (exact) mass is 383 g/mol. The molecule has 2 aromatic rings. The average Bonchev–Trinajstić information content (AvgIpc) is 2.74. The number of ether oxygens (including phenoxy) is 1. The molecule has 2 N–H and O–H groups in total. The van der Waals surface area contributed by atoms with Crippen LogP contribution in [0.5, 0.6) is 5.75 Å². The summed E-state index contributed by atoms with van der Waals surface area (Å²) in [6, 6.07) is 8.24. The summed E-state index contributed by atoms with van der Waals surface area (Å²) < 4.78 is 5.34. The number of piperidine rings is 1. The quantitative estimate of drug-likeness (QED) is 0.836. The second-order valence-electron chi connectivity index (χ2n) is 7.42. The zero-order chi connectivity index (χ0) is 19.3. The maximum absolute atomic E-state index is 5.97. The molecule has 2 saturated heterocycles. The summed E-state index contributed by atoms with van der Waals surface area (Å²) in [6.45, 7) is 6.56. The van der Waals surface area contributed by atoms with Gasteiger partial charge in [0, 0.05) is 51.0 Å². The first-order chi connectivity index (χ1) is 13.7. The third kappa shape index (κ3) is 4.44. The first kappa shape index (κ1) is 18.7. The third-order valence-electron chi connectivity index (χ3n) is 5.48. The molecule has 2 aliphatic heterocycles. The molecule has 8 heteroatoms. The van der Waals surface area contributed by atoms with Gasteiger partial charge in [0.15, 0.2) is 0 Å². The van der Waals surface area contributed by atoms with Gasteiger partial charge in [0.1, 0.15) is 11.6 Å². The van der Waals surface area contributed by atoms with E-state index in [2.05, 4.69) is 36.8 Å². The fraction of sp³-hybridized carbons (Fsp3) is 0.550. The summed E-state index contributed by atoms with van der Waals surface area (Å²) in [6.07, 6.45) is 3.65. The maximum Gasteiger partial charge on any atom is 0.230 e. The summed E-state index contributed by atoms with van der Waals surface area (Å²) in [5.74, 6) is 2.71. The van der Waals surface area contributed by atoms with E-state index in [0.717, 1.165) is 56.8 Å². The van der Waals surface area contributed by atoms with Crippen LogP contribution in [0.25, 0.3) is 0 Å². The Bertz CT molecular complexity index is 786. The SMILES string of the molecule is COc1cccc(N2CCN(Cc3nc(N)nc(N4CCCCC4)n3)CC2)c1. The van der Waals surface area contributed by atoms with Crippen LogP contribution in [-0.2, 0) is 6.54 Å². The minimum absolute atomic E-state index is 0.320. The molecule has 1 aromatic heterocycles. The number of anilines is 3.